The molecule has 0 amide bonds. The molecule has 0 saturated heterocycles. The summed E-state index contributed by atoms with van der Waals surface area (Å²) in [6.07, 6.45) is 1.63. The molecule has 3 heterocycles. The third-order valence-corrected chi connectivity index (χ3v) is 2.82. The zero-order valence-corrected chi connectivity index (χ0v) is 10.3. The SMILES string of the molecule is CCc1cc(-c2ccc3nnc(CC)n3n2)on1. The lowest BCUT2D eigenvalue weighted by Crippen LogP contribution is -1.98. The Labute approximate surface area is 104 Å². The zero-order valence-electron chi connectivity index (χ0n) is 10.3. The van der Waals surface area contributed by atoms with E-state index in [2.05, 4.69) is 20.5 Å². The third-order valence-electron chi connectivity index (χ3n) is 2.82. The lowest BCUT2D eigenvalue weighted by atomic mass is 10.2. The Morgan fingerprint density at radius 2 is 2.06 bits per heavy atom. The predicted octanol–water partition coefficient (Wildman–Crippen LogP) is 1.90. The van der Waals surface area contributed by atoms with Crippen LogP contribution in [0.4, 0.5) is 0 Å². The largest absolute Gasteiger partial charge is 0.354 e. The van der Waals surface area contributed by atoms with Gasteiger partial charge in [0.1, 0.15) is 5.69 Å². The highest BCUT2D eigenvalue weighted by atomic mass is 16.5. The van der Waals surface area contributed by atoms with Gasteiger partial charge in [-0.3, -0.25) is 0 Å². The van der Waals surface area contributed by atoms with E-state index in [1.54, 1.807) is 4.52 Å². The highest BCUT2D eigenvalue weighted by Crippen LogP contribution is 2.18. The monoisotopic (exact) mass is 243 g/mol. The molecule has 0 bridgehead atoms. The van der Waals surface area contributed by atoms with E-state index in [0.717, 1.165) is 35.7 Å². The average molecular weight is 243 g/mol. The minimum absolute atomic E-state index is 0.671. The molecule has 0 aliphatic carbocycles. The van der Waals surface area contributed by atoms with E-state index < -0.39 is 0 Å². The van der Waals surface area contributed by atoms with Crippen LogP contribution < -0.4 is 0 Å². The molecule has 0 atom stereocenters. The topological polar surface area (TPSA) is 69.1 Å². The van der Waals surface area contributed by atoms with Crippen molar-refractivity contribution >= 4 is 5.65 Å². The van der Waals surface area contributed by atoms with Crippen LogP contribution in [0.15, 0.2) is 22.7 Å². The number of hydrogen-bond donors (Lipinski definition) is 0. The molecule has 3 aromatic rings. The van der Waals surface area contributed by atoms with Crippen molar-refractivity contribution in [3.8, 4) is 11.5 Å². The predicted molar refractivity (Wildman–Crippen MR) is 65.0 cm³/mol. The molecule has 0 aromatic carbocycles. The molecule has 18 heavy (non-hydrogen) atoms. The van der Waals surface area contributed by atoms with E-state index in [1.807, 2.05) is 32.0 Å². The Morgan fingerprint density at radius 1 is 1.17 bits per heavy atom. The van der Waals surface area contributed by atoms with Gasteiger partial charge in [-0.1, -0.05) is 19.0 Å². The molecular weight excluding hydrogens is 230 g/mol. The Kier molecular flexibility index (Phi) is 2.55. The van der Waals surface area contributed by atoms with Crippen molar-refractivity contribution in [3.05, 3.63) is 29.7 Å². The molecule has 6 nitrogen and oxygen atoms in total. The Morgan fingerprint density at radius 3 is 2.78 bits per heavy atom. The van der Waals surface area contributed by atoms with Gasteiger partial charge in [-0.25, -0.2) is 0 Å². The van der Waals surface area contributed by atoms with Crippen molar-refractivity contribution in [1.82, 2.24) is 25.0 Å². The number of rotatable bonds is 3. The van der Waals surface area contributed by atoms with Crippen molar-refractivity contribution in [2.75, 3.05) is 0 Å². The second-order valence-corrected chi connectivity index (χ2v) is 3.99. The van der Waals surface area contributed by atoms with Crippen molar-refractivity contribution in [1.29, 1.82) is 0 Å². The van der Waals surface area contributed by atoms with E-state index in [-0.39, 0.29) is 0 Å². The first-order chi connectivity index (χ1) is 8.81. The molecule has 0 spiro atoms. The van der Waals surface area contributed by atoms with Crippen LogP contribution in [0.25, 0.3) is 17.1 Å². The lowest BCUT2D eigenvalue weighted by Gasteiger charge is -1.97. The van der Waals surface area contributed by atoms with E-state index in [1.165, 1.54) is 0 Å². The summed E-state index contributed by atoms with van der Waals surface area (Å²) in [5.74, 6) is 1.51. The van der Waals surface area contributed by atoms with Gasteiger partial charge in [0.2, 0.25) is 0 Å². The highest BCUT2D eigenvalue weighted by Gasteiger charge is 2.10. The zero-order chi connectivity index (χ0) is 12.5. The Bertz CT molecular complexity index is 685. The quantitative estimate of drug-likeness (QED) is 0.702. The van der Waals surface area contributed by atoms with Crippen molar-refractivity contribution in [2.24, 2.45) is 0 Å². The smallest absolute Gasteiger partial charge is 0.187 e. The number of hydrogen-bond acceptors (Lipinski definition) is 5. The second-order valence-electron chi connectivity index (χ2n) is 3.99. The van der Waals surface area contributed by atoms with Gasteiger partial charge in [0, 0.05) is 12.5 Å². The Balaban J connectivity index is 2.11. The molecule has 0 saturated carbocycles. The lowest BCUT2D eigenvalue weighted by molar-refractivity contribution is 0.422. The van der Waals surface area contributed by atoms with Crippen LogP contribution >= 0.6 is 0 Å². The standard InChI is InChI=1S/C12H13N5O/c1-3-8-7-10(18-16-8)9-5-6-12-14-13-11(4-2)17(12)15-9/h5-7H,3-4H2,1-2H3. The van der Waals surface area contributed by atoms with Gasteiger partial charge in [-0.05, 0) is 18.6 Å². The summed E-state index contributed by atoms with van der Waals surface area (Å²) in [6.45, 7) is 4.06. The highest BCUT2D eigenvalue weighted by molar-refractivity contribution is 5.54. The summed E-state index contributed by atoms with van der Waals surface area (Å²) in [5.41, 5.74) is 2.40. The first kappa shape index (κ1) is 10.9. The molecule has 0 fully saturated rings. The molecule has 3 aromatic heterocycles. The fraction of sp³-hybridized carbons (Fsp3) is 0.333. The first-order valence-electron chi connectivity index (χ1n) is 5.99. The molecule has 92 valence electrons. The van der Waals surface area contributed by atoms with E-state index in [4.69, 9.17) is 4.52 Å². The maximum atomic E-state index is 5.27. The van der Waals surface area contributed by atoms with Crippen molar-refractivity contribution in [2.45, 2.75) is 26.7 Å². The van der Waals surface area contributed by atoms with E-state index in [9.17, 15) is 0 Å². The minimum atomic E-state index is 0.671. The molecule has 6 heteroatoms. The summed E-state index contributed by atoms with van der Waals surface area (Å²) in [7, 11) is 0. The van der Waals surface area contributed by atoms with E-state index in [0.29, 0.717) is 5.76 Å². The van der Waals surface area contributed by atoms with Crippen LogP contribution in [-0.4, -0.2) is 25.0 Å². The molecular formula is C12H13N5O. The van der Waals surface area contributed by atoms with Gasteiger partial charge < -0.3 is 4.52 Å². The molecule has 0 radical (unpaired) electrons. The van der Waals surface area contributed by atoms with Gasteiger partial charge in [0.15, 0.2) is 17.2 Å². The van der Waals surface area contributed by atoms with Gasteiger partial charge >= 0.3 is 0 Å². The van der Waals surface area contributed by atoms with Crippen LogP contribution in [0.2, 0.25) is 0 Å². The molecule has 0 aliphatic heterocycles. The van der Waals surface area contributed by atoms with E-state index >= 15 is 0 Å². The molecule has 0 N–H and O–H groups in total. The summed E-state index contributed by atoms with van der Waals surface area (Å²) >= 11 is 0. The van der Waals surface area contributed by atoms with Gasteiger partial charge in [-0.2, -0.15) is 9.61 Å². The third kappa shape index (κ3) is 1.66. The molecule has 0 aliphatic rings. The number of fused-ring (bicyclic) bond motifs is 1. The number of aryl methyl sites for hydroxylation is 2. The number of aromatic nitrogens is 5. The van der Waals surface area contributed by atoms with Gasteiger partial charge in [0.05, 0.1) is 5.69 Å². The maximum Gasteiger partial charge on any atom is 0.187 e. The van der Waals surface area contributed by atoms with Crippen molar-refractivity contribution < 1.29 is 4.52 Å². The summed E-state index contributed by atoms with van der Waals surface area (Å²) in [6, 6.07) is 5.65. The summed E-state index contributed by atoms with van der Waals surface area (Å²) in [4.78, 5) is 0. The molecule has 3 rings (SSSR count). The van der Waals surface area contributed by atoms with Gasteiger partial charge in [0.25, 0.3) is 0 Å². The van der Waals surface area contributed by atoms with Crippen LogP contribution in [0, 0.1) is 0 Å². The first-order valence-corrected chi connectivity index (χ1v) is 5.99. The summed E-state index contributed by atoms with van der Waals surface area (Å²) < 4.78 is 7.01. The average Bonchev–Trinajstić information content (AvgIpc) is 3.04. The van der Waals surface area contributed by atoms with Crippen LogP contribution in [-0.2, 0) is 12.8 Å². The fourth-order valence-electron chi connectivity index (χ4n) is 1.78. The maximum absolute atomic E-state index is 5.27. The fourth-order valence-corrected chi connectivity index (χ4v) is 1.78. The van der Waals surface area contributed by atoms with Crippen molar-refractivity contribution in [3.63, 3.8) is 0 Å². The van der Waals surface area contributed by atoms with Gasteiger partial charge in [-0.15, -0.1) is 10.2 Å². The van der Waals surface area contributed by atoms with Crippen LogP contribution in [0.3, 0.4) is 0 Å². The normalized spacial score (nSPS) is 11.2. The minimum Gasteiger partial charge on any atom is -0.354 e. The second kappa shape index (κ2) is 4.21. The summed E-state index contributed by atoms with van der Waals surface area (Å²) in [5, 5.41) is 16.6. The van der Waals surface area contributed by atoms with Crippen LogP contribution in [0.5, 0.6) is 0 Å². The Hall–Kier alpha value is -2.24. The van der Waals surface area contributed by atoms with Crippen LogP contribution in [0.1, 0.15) is 25.4 Å². The molecule has 0 unspecified atom stereocenters. The number of nitrogens with zero attached hydrogens (tertiary/aromatic N) is 5.